The number of hydrogen-bond donors (Lipinski definition) is 2. The van der Waals surface area contributed by atoms with Gasteiger partial charge >= 0.3 is 0 Å². The van der Waals surface area contributed by atoms with Crippen molar-refractivity contribution in [2.45, 2.75) is 26.4 Å². The summed E-state index contributed by atoms with van der Waals surface area (Å²) in [6.07, 6.45) is 0. The normalized spacial score (nSPS) is 12.3. The van der Waals surface area contributed by atoms with Crippen LogP contribution < -0.4 is 0 Å². The van der Waals surface area contributed by atoms with E-state index >= 15 is 0 Å². The van der Waals surface area contributed by atoms with Gasteiger partial charge in [0.15, 0.2) is 0 Å². The Morgan fingerprint density at radius 1 is 1.27 bits per heavy atom. The zero-order chi connectivity index (χ0) is 11.2. The third-order valence-electron chi connectivity index (χ3n) is 2.50. The molecule has 0 amide bonds. The molecule has 0 atom stereocenters. The van der Waals surface area contributed by atoms with E-state index in [1.54, 1.807) is 19.9 Å². The van der Waals surface area contributed by atoms with Gasteiger partial charge in [0, 0.05) is 22.2 Å². The van der Waals surface area contributed by atoms with Gasteiger partial charge in [0.05, 0.1) is 5.60 Å². The lowest BCUT2D eigenvalue weighted by Crippen LogP contribution is -2.17. The molecule has 1 heterocycles. The van der Waals surface area contributed by atoms with Crippen LogP contribution in [-0.2, 0) is 5.60 Å². The third-order valence-corrected chi connectivity index (χ3v) is 2.50. The number of aromatic nitrogens is 1. The molecular formula is C12H14FNO. The standard InChI is InChI=1S/C12H14FNO/c1-7-4-8-5-10(13)9(12(2,3)15)6-11(8)14-7/h4-6,14-15H,1-3H3. The fourth-order valence-corrected chi connectivity index (χ4v) is 1.77. The van der Waals surface area contributed by atoms with Crippen molar-refractivity contribution in [2.75, 3.05) is 0 Å². The SMILES string of the molecule is Cc1cc2cc(F)c(C(C)(C)O)cc2[nH]1. The van der Waals surface area contributed by atoms with Gasteiger partial charge in [-0.3, -0.25) is 0 Å². The number of H-pyrrole nitrogens is 1. The van der Waals surface area contributed by atoms with E-state index in [-0.39, 0.29) is 5.82 Å². The van der Waals surface area contributed by atoms with Gasteiger partial charge in [-0.25, -0.2) is 4.39 Å². The minimum absolute atomic E-state index is 0.317. The highest BCUT2D eigenvalue weighted by atomic mass is 19.1. The first kappa shape index (κ1) is 10.2. The van der Waals surface area contributed by atoms with Crippen molar-refractivity contribution in [3.63, 3.8) is 0 Å². The van der Waals surface area contributed by atoms with Gasteiger partial charge in [0.2, 0.25) is 0 Å². The molecule has 0 fully saturated rings. The lowest BCUT2D eigenvalue weighted by Gasteiger charge is -2.18. The molecule has 0 bridgehead atoms. The van der Waals surface area contributed by atoms with Crippen molar-refractivity contribution in [1.29, 1.82) is 0 Å². The van der Waals surface area contributed by atoms with E-state index < -0.39 is 5.60 Å². The van der Waals surface area contributed by atoms with Crippen molar-refractivity contribution >= 4 is 10.9 Å². The Morgan fingerprint density at radius 2 is 1.93 bits per heavy atom. The molecule has 2 rings (SSSR count). The fourth-order valence-electron chi connectivity index (χ4n) is 1.77. The predicted molar refractivity (Wildman–Crippen MR) is 58.2 cm³/mol. The number of aryl methyl sites for hydroxylation is 1. The molecule has 80 valence electrons. The molecule has 1 aromatic carbocycles. The summed E-state index contributed by atoms with van der Waals surface area (Å²) in [4.78, 5) is 3.12. The van der Waals surface area contributed by atoms with Crippen LogP contribution in [0.3, 0.4) is 0 Å². The lowest BCUT2D eigenvalue weighted by atomic mass is 9.97. The zero-order valence-corrected chi connectivity index (χ0v) is 9.06. The predicted octanol–water partition coefficient (Wildman–Crippen LogP) is 2.84. The van der Waals surface area contributed by atoms with Gasteiger partial charge in [0.1, 0.15) is 5.82 Å². The van der Waals surface area contributed by atoms with Crippen molar-refractivity contribution in [3.8, 4) is 0 Å². The van der Waals surface area contributed by atoms with Crippen LogP contribution in [0.25, 0.3) is 10.9 Å². The number of hydrogen-bond acceptors (Lipinski definition) is 1. The molecule has 0 saturated carbocycles. The first-order valence-corrected chi connectivity index (χ1v) is 4.89. The maximum Gasteiger partial charge on any atom is 0.130 e. The largest absolute Gasteiger partial charge is 0.386 e. The molecule has 2 aromatic rings. The van der Waals surface area contributed by atoms with Gasteiger partial charge in [-0.1, -0.05) is 0 Å². The number of rotatable bonds is 1. The average molecular weight is 207 g/mol. The van der Waals surface area contributed by atoms with Crippen molar-refractivity contribution in [3.05, 3.63) is 35.3 Å². The Balaban J connectivity index is 2.72. The van der Waals surface area contributed by atoms with Gasteiger partial charge in [-0.05, 0) is 39.0 Å². The summed E-state index contributed by atoms with van der Waals surface area (Å²) < 4.78 is 13.7. The number of aromatic amines is 1. The maximum absolute atomic E-state index is 13.7. The first-order valence-electron chi connectivity index (χ1n) is 4.89. The molecule has 0 aliphatic rings. The van der Waals surface area contributed by atoms with Gasteiger partial charge < -0.3 is 10.1 Å². The van der Waals surface area contributed by atoms with Crippen LogP contribution in [0.5, 0.6) is 0 Å². The second-order valence-corrected chi connectivity index (χ2v) is 4.43. The van der Waals surface area contributed by atoms with Crippen LogP contribution in [0.2, 0.25) is 0 Å². The second-order valence-electron chi connectivity index (χ2n) is 4.43. The van der Waals surface area contributed by atoms with E-state index in [2.05, 4.69) is 4.98 Å². The number of nitrogens with one attached hydrogen (secondary N) is 1. The van der Waals surface area contributed by atoms with E-state index in [1.165, 1.54) is 6.07 Å². The number of benzene rings is 1. The highest BCUT2D eigenvalue weighted by molar-refractivity contribution is 5.81. The maximum atomic E-state index is 13.7. The quantitative estimate of drug-likeness (QED) is 0.741. The summed E-state index contributed by atoms with van der Waals surface area (Å²) in [5.41, 5.74) is 0.997. The van der Waals surface area contributed by atoms with E-state index in [0.717, 1.165) is 16.6 Å². The molecule has 3 heteroatoms. The monoisotopic (exact) mass is 207 g/mol. The zero-order valence-electron chi connectivity index (χ0n) is 9.06. The average Bonchev–Trinajstić information content (AvgIpc) is 2.40. The summed E-state index contributed by atoms with van der Waals surface area (Å²) in [5.74, 6) is -0.367. The van der Waals surface area contributed by atoms with Gasteiger partial charge in [-0.2, -0.15) is 0 Å². The summed E-state index contributed by atoms with van der Waals surface area (Å²) in [6.45, 7) is 5.07. The van der Waals surface area contributed by atoms with Crippen molar-refractivity contribution in [1.82, 2.24) is 4.98 Å². The highest BCUT2D eigenvalue weighted by Crippen LogP contribution is 2.27. The van der Waals surface area contributed by atoms with Gasteiger partial charge in [-0.15, -0.1) is 0 Å². The summed E-state index contributed by atoms with van der Waals surface area (Å²) in [6, 6.07) is 5.00. The Hall–Kier alpha value is -1.35. The number of fused-ring (bicyclic) bond motifs is 1. The highest BCUT2D eigenvalue weighted by Gasteiger charge is 2.21. The first-order chi connectivity index (χ1) is 6.88. The van der Waals surface area contributed by atoms with Crippen LogP contribution in [-0.4, -0.2) is 10.1 Å². The van der Waals surface area contributed by atoms with E-state index in [0.29, 0.717) is 5.56 Å². The van der Waals surface area contributed by atoms with Gasteiger partial charge in [0.25, 0.3) is 0 Å². The molecule has 2 N–H and O–H groups in total. The molecule has 15 heavy (non-hydrogen) atoms. The molecule has 2 nitrogen and oxygen atoms in total. The Morgan fingerprint density at radius 3 is 2.53 bits per heavy atom. The molecular weight excluding hydrogens is 193 g/mol. The van der Waals surface area contributed by atoms with Crippen LogP contribution in [0.15, 0.2) is 18.2 Å². The van der Waals surface area contributed by atoms with Crippen molar-refractivity contribution < 1.29 is 9.50 Å². The third kappa shape index (κ3) is 1.75. The smallest absolute Gasteiger partial charge is 0.130 e. The molecule has 1 aromatic heterocycles. The van der Waals surface area contributed by atoms with E-state index in [1.807, 2.05) is 13.0 Å². The Kier molecular flexibility index (Phi) is 2.08. The molecule has 0 unspecified atom stereocenters. The van der Waals surface area contributed by atoms with Crippen LogP contribution >= 0.6 is 0 Å². The number of halogens is 1. The fraction of sp³-hybridized carbons (Fsp3) is 0.333. The molecule has 0 aliphatic heterocycles. The molecule has 0 radical (unpaired) electrons. The van der Waals surface area contributed by atoms with Crippen LogP contribution in [0, 0.1) is 12.7 Å². The summed E-state index contributed by atoms with van der Waals surface area (Å²) in [7, 11) is 0. The van der Waals surface area contributed by atoms with E-state index in [4.69, 9.17) is 0 Å². The number of aliphatic hydroxyl groups is 1. The minimum Gasteiger partial charge on any atom is -0.386 e. The molecule has 0 saturated heterocycles. The molecule has 0 aliphatic carbocycles. The minimum atomic E-state index is -1.16. The topological polar surface area (TPSA) is 36.0 Å². The summed E-state index contributed by atoms with van der Waals surface area (Å²) in [5, 5.41) is 10.6. The Labute approximate surface area is 87.7 Å². The van der Waals surface area contributed by atoms with Crippen LogP contribution in [0.1, 0.15) is 25.1 Å². The van der Waals surface area contributed by atoms with Crippen LogP contribution in [0.4, 0.5) is 4.39 Å². The Bertz CT molecular complexity index is 508. The molecule has 0 spiro atoms. The lowest BCUT2D eigenvalue weighted by molar-refractivity contribution is 0.0747. The van der Waals surface area contributed by atoms with E-state index in [9.17, 15) is 9.50 Å². The van der Waals surface area contributed by atoms with Crippen molar-refractivity contribution in [2.24, 2.45) is 0 Å². The second kappa shape index (κ2) is 3.07. The summed E-state index contributed by atoms with van der Waals surface area (Å²) >= 11 is 0.